The van der Waals surface area contributed by atoms with E-state index in [4.69, 9.17) is 4.74 Å². The molecule has 2 heteroatoms. The van der Waals surface area contributed by atoms with Crippen LogP contribution >= 0.6 is 0 Å². The molecule has 11 heavy (non-hydrogen) atoms. The van der Waals surface area contributed by atoms with E-state index >= 15 is 0 Å². The Morgan fingerprint density at radius 2 is 2.09 bits per heavy atom. The van der Waals surface area contributed by atoms with Gasteiger partial charge in [-0.15, -0.1) is 0 Å². The molecule has 0 saturated carbocycles. The van der Waals surface area contributed by atoms with Gasteiger partial charge < -0.3 is 10.1 Å². The molecule has 1 rings (SSSR count). The molecule has 1 saturated heterocycles. The second-order valence-electron chi connectivity index (χ2n) is 3.39. The van der Waals surface area contributed by atoms with Crippen molar-refractivity contribution in [2.24, 2.45) is 0 Å². The maximum Gasteiger partial charge on any atom is 0.0703 e. The maximum absolute atomic E-state index is 5.69. The third-order valence-corrected chi connectivity index (χ3v) is 2.36. The van der Waals surface area contributed by atoms with Crippen LogP contribution in [-0.4, -0.2) is 24.8 Å². The largest absolute Gasteiger partial charge is 0.374 e. The fourth-order valence-electron chi connectivity index (χ4n) is 1.71. The Hall–Kier alpha value is -0.0800. The molecule has 2 nitrogen and oxygen atoms in total. The molecule has 0 aromatic heterocycles. The van der Waals surface area contributed by atoms with Crippen LogP contribution in [0.1, 0.15) is 33.6 Å². The monoisotopic (exact) mass is 157 g/mol. The van der Waals surface area contributed by atoms with E-state index in [0.717, 1.165) is 6.54 Å². The molecule has 0 spiro atoms. The van der Waals surface area contributed by atoms with Gasteiger partial charge in [0.2, 0.25) is 0 Å². The Balaban J connectivity index is 2.31. The summed E-state index contributed by atoms with van der Waals surface area (Å²) in [7, 11) is 0. The van der Waals surface area contributed by atoms with E-state index < -0.39 is 0 Å². The van der Waals surface area contributed by atoms with E-state index in [-0.39, 0.29) is 0 Å². The zero-order valence-electron chi connectivity index (χ0n) is 7.76. The molecule has 0 aliphatic carbocycles. The molecule has 1 N–H and O–H groups in total. The van der Waals surface area contributed by atoms with E-state index in [2.05, 4.69) is 26.1 Å². The number of hydrogen-bond donors (Lipinski definition) is 1. The maximum atomic E-state index is 5.69. The van der Waals surface area contributed by atoms with Crippen molar-refractivity contribution in [3.05, 3.63) is 0 Å². The van der Waals surface area contributed by atoms with Crippen LogP contribution < -0.4 is 5.32 Å². The molecule has 0 aromatic rings. The van der Waals surface area contributed by atoms with Crippen molar-refractivity contribution in [1.82, 2.24) is 5.32 Å². The van der Waals surface area contributed by atoms with Crippen LogP contribution in [0.15, 0.2) is 0 Å². The van der Waals surface area contributed by atoms with Gasteiger partial charge in [0.1, 0.15) is 0 Å². The Labute approximate surface area is 69.3 Å². The molecular weight excluding hydrogens is 138 g/mol. The van der Waals surface area contributed by atoms with Gasteiger partial charge in [0, 0.05) is 6.04 Å². The lowest BCUT2D eigenvalue weighted by atomic mass is 10.0. The Morgan fingerprint density at radius 1 is 1.36 bits per heavy atom. The molecule has 1 fully saturated rings. The van der Waals surface area contributed by atoms with Crippen molar-refractivity contribution >= 4 is 0 Å². The number of rotatable bonds is 2. The van der Waals surface area contributed by atoms with Gasteiger partial charge in [-0.3, -0.25) is 0 Å². The minimum atomic E-state index is 0.388. The molecule has 0 radical (unpaired) electrons. The lowest BCUT2D eigenvalue weighted by Gasteiger charge is -2.33. The highest BCUT2D eigenvalue weighted by Crippen LogP contribution is 2.18. The molecule has 1 heterocycles. The summed E-state index contributed by atoms with van der Waals surface area (Å²) in [5.41, 5.74) is 0. The molecule has 1 aliphatic rings. The van der Waals surface area contributed by atoms with Gasteiger partial charge in [-0.2, -0.15) is 0 Å². The minimum absolute atomic E-state index is 0.388. The average molecular weight is 157 g/mol. The summed E-state index contributed by atoms with van der Waals surface area (Å²) in [6, 6.07) is 0.580. The molecule has 66 valence electrons. The fourth-order valence-corrected chi connectivity index (χ4v) is 1.71. The van der Waals surface area contributed by atoms with Crippen LogP contribution in [0.4, 0.5) is 0 Å². The van der Waals surface area contributed by atoms with E-state index in [1.807, 2.05) is 0 Å². The third-order valence-electron chi connectivity index (χ3n) is 2.36. The second kappa shape index (κ2) is 4.07. The summed E-state index contributed by atoms with van der Waals surface area (Å²) >= 11 is 0. The fraction of sp³-hybridized carbons (Fsp3) is 1.00. The normalized spacial score (nSPS) is 39.0. The topological polar surface area (TPSA) is 21.3 Å². The molecule has 1 unspecified atom stereocenters. The predicted molar refractivity (Wildman–Crippen MR) is 46.7 cm³/mol. The molecule has 0 amide bonds. The van der Waals surface area contributed by atoms with Gasteiger partial charge in [0.05, 0.1) is 12.2 Å². The summed E-state index contributed by atoms with van der Waals surface area (Å²) in [4.78, 5) is 0. The first-order valence-electron chi connectivity index (χ1n) is 4.63. The van der Waals surface area contributed by atoms with Crippen molar-refractivity contribution in [3.63, 3.8) is 0 Å². The van der Waals surface area contributed by atoms with Gasteiger partial charge >= 0.3 is 0 Å². The van der Waals surface area contributed by atoms with Gasteiger partial charge in [-0.05, 0) is 33.2 Å². The first-order chi connectivity index (χ1) is 5.24. The summed E-state index contributed by atoms with van der Waals surface area (Å²) in [6.45, 7) is 7.50. The van der Waals surface area contributed by atoms with Gasteiger partial charge in [0.15, 0.2) is 0 Å². The lowest BCUT2D eigenvalue weighted by molar-refractivity contribution is -0.0490. The standard InChI is InChI=1S/C9H19NO/c1-4-10-9-6-5-7(2)11-8(9)3/h7-10H,4-6H2,1-3H3/t7-,8?,9-/m1/s1. The highest BCUT2D eigenvalue weighted by Gasteiger charge is 2.24. The van der Waals surface area contributed by atoms with Crippen LogP contribution in [0.3, 0.4) is 0 Å². The molecule has 0 bridgehead atoms. The van der Waals surface area contributed by atoms with Crippen molar-refractivity contribution in [2.45, 2.75) is 51.9 Å². The third kappa shape index (κ3) is 2.46. The first kappa shape index (κ1) is 9.01. The highest BCUT2D eigenvalue weighted by atomic mass is 16.5. The van der Waals surface area contributed by atoms with Crippen molar-refractivity contribution < 1.29 is 4.74 Å². The van der Waals surface area contributed by atoms with Crippen LogP contribution in [0.2, 0.25) is 0 Å². The number of likely N-dealkylation sites (N-methyl/N-ethyl adjacent to an activating group) is 1. The smallest absolute Gasteiger partial charge is 0.0703 e. The number of ether oxygens (including phenoxy) is 1. The van der Waals surface area contributed by atoms with Gasteiger partial charge in [-0.25, -0.2) is 0 Å². The first-order valence-corrected chi connectivity index (χ1v) is 4.63. The van der Waals surface area contributed by atoms with Gasteiger partial charge in [-0.1, -0.05) is 6.92 Å². The lowest BCUT2D eigenvalue weighted by Crippen LogP contribution is -2.45. The zero-order valence-corrected chi connectivity index (χ0v) is 7.76. The average Bonchev–Trinajstić information content (AvgIpc) is 1.95. The quantitative estimate of drug-likeness (QED) is 0.656. The SMILES string of the molecule is CCN[C@@H]1CC[C@@H](C)OC1C. The second-order valence-corrected chi connectivity index (χ2v) is 3.39. The van der Waals surface area contributed by atoms with Crippen LogP contribution in [-0.2, 0) is 4.74 Å². The molecule has 0 aromatic carbocycles. The Morgan fingerprint density at radius 3 is 2.64 bits per heavy atom. The Bertz CT molecular complexity index is 116. The summed E-state index contributed by atoms with van der Waals surface area (Å²) in [5, 5.41) is 3.43. The predicted octanol–water partition coefficient (Wildman–Crippen LogP) is 1.55. The van der Waals surface area contributed by atoms with Crippen LogP contribution in [0, 0.1) is 0 Å². The van der Waals surface area contributed by atoms with E-state index in [9.17, 15) is 0 Å². The van der Waals surface area contributed by atoms with Crippen LogP contribution in [0.25, 0.3) is 0 Å². The van der Waals surface area contributed by atoms with E-state index in [1.165, 1.54) is 12.8 Å². The highest BCUT2D eigenvalue weighted by molar-refractivity contribution is 4.79. The molecule has 1 aliphatic heterocycles. The Kier molecular flexibility index (Phi) is 3.34. The summed E-state index contributed by atoms with van der Waals surface area (Å²) in [6.07, 6.45) is 3.30. The van der Waals surface area contributed by atoms with Gasteiger partial charge in [0.25, 0.3) is 0 Å². The van der Waals surface area contributed by atoms with Crippen molar-refractivity contribution in [3.8, 4) is 0 Å². The molecular formula is C9H19NO. The van der Waals surface area contributed by atoms with E-state index in [0.29, 0.717) is 18.2 Å². The van der Waals surface area contributed by atoms with Crippen LogP contribution in [0.5, 0.6) is 0 Å². The molecule has 3 atom stereocenters. The van der Waals surface area contributed by atoms with E-state index in [1.54, 1.807) is 0 Å². The van der Waals surface area contributed by atoms with Crippen molar-refractivity contribution in [2.75, 3.05) is 6.54 Å². The number of nitrogens with one attached hydrogen (secondary N) is 1. The van der Waals surface area contributed by atoms with Crippen molar-refractivity contribution in [1.29, 1.82) is 0 Å². The summed E-state index contributed by atoms with van der Waals surface area (Å²) < 4.78 is 5.69. The summed E-state index contributed by atoms with van der Waals surface area (Å²) in [5.74, 6) is 0. The zero-order chi connectivity index (χ0) is 8.27. The minimum Gasteiger partial charge on any atom is -0.374 e. The number of hydrogen-bond acceptors (Lipinski definition) is 2.